The fourth-order valence-electron chi connectivity index (χ4n) is 4.41. The molecule has 3 aromatic heterocycles. The van der Waals surface area contributed by atoms with Crippen LogP contribution in [0.1, 0.15) is 60.8 Å². The second-order valence-corrected chi connectivity index (χ2v) is 8.49. The van der Waals surface area contributed by atoms with E-state index >= 15 is 0 Å². The molecule has 5 rings (SSSR count). The standard InChI is InChI=1S/C20H25N5OS/c1-26-19-17(25-9-10-27-20(25)23-19)13-24-8-7-16-15(12-24)11-21-18(22-16)14-5-3-2-4-6-14/h9-11,14H,2-8,12-13H2,1H3. The van der Waals surface area contributed by atoms with Crippen molar-refractivity contribution in [3.05, 3.63) is 40.5 Å². The zero-order valence-corrected chi connectivity index (χ0v) is 16.5. The first-order valence-corrected chi connectivity index (χ1v) is 10.8. The van der Waals surface area contributed by atoms with E-state index in [0.717, 1.165) is 48.4 Å². The maximum atomic E-state index is 5.51. The molecule has 4 heterocycles. The van der Waals surface area contributed by atoms with Gasteiger partial charge >= 0.3 is 0 Å². The predicted molar refractivity (Wildman–Crippen MR) is 105 cm³/mol. The highest BCUT2D eigenvalue weighted by Gasteiger charge is 2.24. The minimum atomic E-state index is 0.574. The molecule has 0 radical (unpaired) electrons. The number of methoxy groups -OCH3 is 1. The highest BCUT2D eigenvalue weighted by molar-refractivity contribution is 7.15. The monoisotopic (exact) mass is 383 g/mol. The summed E-state index contributed by atoms with van der Waals surface area (Å²) in [5.74, 6) is 2.39. The van der Waals surface area contributed by atoms with E-state index < -0.39 is 0 Å². The van der Waals surface area contributed by atoms with Gasteiger partial charge in [0.2, 0.25) is 5.88 Å². The third-order valence-electron chi connectivity index (χ3n) is 5.89. The smallest absolute Gasteiger partial charge is 0.237 e. The number of hydrogen-bond donors (Lipinski definition) is 0. The van der Waals surface area contributed by atoms with Crippen molar-refractivity contribution in [2.75, 3.05) is 13.7 Å². The maximum Gasteiger partial charge on any atom is 0.237 e. The fourth-order valence-corrected chi connectivity index (χ4v) is 5.14. The first kappa shape index (κ1) is 17.1. The normalized spacial score (nSPS) is 18.7. The topological polar surface area (TPSA) is 55.6 Å². The van der Waals surface area contributed by atoms with Crippen molar-refractivity contribution in [2.24, 2.45) is 0 Å². The van der Waals surface area contributed by atoms with Crippen molar-refractivity contribution in [1.82, 2.24) is 24.3 Å². The van der Waals surface area contributed by atoms with Crippen molar-refractivity contribution in [3.8, 4) is 5.88 Å². The summed E-state index contributed by atoms with van der Waals surface area (Å²) >= 11 is 1.64. The van der Waals surface area contributed by atoms with Crippen LogP contribution in [0.5, 0.6) is 5.88 Å². The second kappa shape index (κ2) is 7.20. The Bertz CT molecular complexity index is 943. The van der Waals surface area contributed by atoms with Crippen LogP contribution in [0.25, 0.3) is 4.96 Å². The van der Waals surface area contributed by atoms with Gasteiger partial charge in [0.1, 0.15) is 11.5 Å². The van der Waals surface area contributed by atoms with E-state index in [1.807, 2.05) is 0 Å². The first-order valence-electron chi connectivity index (χ1n) is 9.87. The van der Waals surface area contributed by atoms with E-state index in [1.54, 1.807) is 18.4 Å². The minimum absolute atomic E-state index is 0.574. The number of nitrogens with zero attached hydrogens (tertiary/aromatic N) is 5. The van der Waals surface area contributed by atoms with Gasteiger partial charge in [-0.2, -0.15) is 4.98 Å². The van der Waals surface area contributed by atoms with Crippen LogP contribution < -0.4 is 4.74 Å². The number of fused-ring (bicyclic) bond motifs is 2. The number of imidazole rings is 1. The van der Waals surface area contributed by atoms with E-state index in [0.29, 0.717) is 5.92 Å². The molecule has 0 aromatic carbocycles. The van der Waals surface area contributed by atoms with E-state index in [4.69, 9.17) is 14.7 Å². The third kappa shape index (κ3) is 3.23. The quantitative estimate of drug-likeness (QED) is 0.686. The van der Waals surface area contributed by atoms with Gasteiger partial charge in [-0.15, -0.1) is 11.3 Å². The molecule has 7 heteroatoms. The molecule has 1 saturated carbocycles. The summed E-state index contributed by atoms with van der Waals surface area (Å²) in [5.41, 5.74) is 3.64. The van der Waals surface area contributed by atoms with Gasteiger partial charge in [0.25, 0.3) is 0 Å². The van der Waals surface area contributed by atoms with Crippen LogP contribution in [0.3, 0.4) is 0 Å². The summed E-state index contributed by atoms with van der Waals surface area (Å²) in [7, 11) is 1.70. The van der Waals surface area contributed by atoms with Gasteiger partial charge < -0.3 is 4.74 Å². The lowest BCUT2D eigenvalue weighted by Crippen LogP contribution is -2.31. The molecular weight excluding hydrogens is 358 g/mol. The van der Waals surface area contributed by atoms with Crippen molar-refractivity contribution in [2.45, 2.75) is 57.5 Å². The van der Waals surface area contributed by atoms with E-state index in [9.17, 15) is 0 Å². The number of ether oxygens (including phenoxy) is 1. The summed E-state index contributed by atoms with van der Waals surface area (Å²) in [6, 6.07) is 0. The molecule has 0 amide bonds. The third-order valence-corrected chi connectivity index (χ3v) is 6.65. The van der Waals surface area contributed by atoms with Gasteiger partial charge in [-0.3, -0.25) is 9.30 Å². The lowest BCUT2D eigenvalue weighted by molar-refractivity contribution is 0.234. The van der Waals surface area contributed by atoms with Crippen LogP contribution in [0, 0.1) is 0 Å². The Labute approximate surface area is 163 Å². The van der Waals surface area contributed by atoms with E-state index in [-0.39, 0.29) is 0 Å². The molecule has 0 N–H and O–H groups in total. The van der Waals surface area contributed by atoms with Crippen molar-refractivity contribution < 1.29 is 4.74 Å². The number of rotatable bonds is 4. The van der Waals surface area contributed by atoms with E-state index in [1.165, 1.54) is 43.4 Å². The molecule has 3 aromatic rings. The van der Waals surface area contributed by atoms with Crippen LogP contribution in [0.4, 0.5) is 0 Å². The maximum absolute atomic E-state index is 5.51. The van der Waals surface area contributed by atoms with E-state index in [2.05, 4.69) is 32.1 Å². The molecule has 27 heavy (non-hydrogen) atoms. The molecule has 0 spiro atoms. The molecule has 0 saturated heterocycles. The Morgan fingerprint density at radius 2 is 2.11 bits per heavy atom. The molecule has 0 atom stereocenters. The SMILES string of the molecule is COc1nc2sccn2c1CN1CCc2nc(C3CCCCC3)ncc2C1. The summed E-state index contributed by atoms with van der Waals surface area (Å²) in [5, 5.41) is 2.07. The summed E-state index contributed by atoms with van der Waals surface area (Å²) in [6.07, 6.45) is 11.7. The molecule has 0 unspecified atom stereocenters. The molecule has 1 fully saturated rings. The van der Waals surface area contributed by atoms with Crippen LogP contribution in [0.2, 0.25) is 0 Å². The Morgan fingerprint density at radius 3 is 2.96 bits per heavy atom. The summed E-state index contributed by atoms with van der Waals surface area (Å²) in [6.45, 7) is 2.72. The van der Waals surface area contributed by atoms with Crippen LogP contribution in [-0.4, -0.2) is 37.9 Å². The molecule has 1 aliphatic carbocycles. The zero-order valence-electron chi connectivity index (χ0n) is 15.7. The largest absolute Gasteiger partial charge is 0.480 e. The molecular formula is C20H25N5OS. The average molecular weight is 384 g/mol. The fraction of sp³-hybridized carbons (Fsp3) is 0.550. The van der Waals surface area contributed by atoms with Crippen molar-refractivity contribution in [3.63, 3.8) is 0 Å². The summed E-state index contributed by atoms with van der Waals surface area (Å²) in [4.78, 5) is 17.7. The predicted octanol–water partition coefficient (Wildman–Crippen LogP) is 3.80. The Hall–Kier alpha value is -1.99. The number of aromatic nitrogens is 4. The van der Waals surface area contributed by atoms with Gasteiger partial charge in [0, 0.05) is 61.0 Å². The Kier molecular flexibility index (Phi) is 4.57. The Balaban J connectivity index is 1.34. The van der Waals surface area contributed by atoms with Crippen molar-refractivity contribution >= 4 is 16.3 Å². The lowest BCUT2D eigenvalue weighted by atomic mass is 9.88. The molecule has 6 nitrogen and oxygen atoms in total. The van der Waals surface area contributed by atoms with Gasteiger partial charge in [-0.05, 0) is 12.8 Å². The molecule has 0 bridgehead atoms. The molecule has 142 valence electrons. The van der Waals surface area contributed by atoms with Gasteiger partial charge in [0.05, 0.1) is 7.11 Å². The highest BCUT2D eigenvalue weighted by Crippen LogP contribution is 2.32. The van der Waals surface area contributed by atoms with Crippen LogP contribution >= 0.6 is 11.3 Å². The lowest BCUT2D eigenvalue weighted by Gasteiger charge is -2.29. The number of hydrogen-bond acceptors (Lipinski definition) is 6. The molecule has 1 aliphatic heterocycles. The van der Waals surface area contributed by atoms with Gasteiger partial charge in [-0.25, -0.2) is 9.97 Å². The Morgan fingerprint density at radius 1 is 1.22 bits per heavy atom. The highest BCUT2D eigenvalue weighted by atomic mass is 32.1. The van der Waals surface area contributed by atoms with Gasteiger partial charge in [0.15, 0.2) is 4.96 Å². The average Bonchev–Trinajstić information content (AvgIpc) is 3.30. The van der Waals surface area contributed by atoms with Crippen LogP contribution in [0.15, 0.2) is 17.8 Å². The zero-order chi connectivity index (χ0) is 18.2. The van der Waals surface area contributed by atoms with Gasteiger partial charge in [-0.1, -0.05) is 19.3 Å². The van der Waals surface area contributed by atoms with Crippen LogP contribution in [-0.2, 0) is 19.5 Å². The van der Waals surface area contributed by atoms with Crippen molar-refractivity contribution in [1.29, 1.82) is 0 Å². The number of thiazole rings is 1. The molecule has 2 aliphatic rings. The summed E-state index contributed by atoms with van der Waals surface area (Å²) < 4.78 is 7.65. The first-order chi connectivity index (χ1) is 13.3. The minimum Gasteiger partial charge on any atom is -0.480 e. The second-order valence-electron chi connectivity index (χ2n) is 7.62.